The van der Waals surface area contributed by atoms with Crippen LogP contribution in [0.15, 0.2) is 24.3 Å². The van der Waals surface area contributed by atoms with Gasteiger partial charge in [-0.25, -0.2) is 4.79 Å². The quantitative estimate of drug-likeness (QED) is 0.758. The van der Waals surface area contributed by atoms with Crippen LogP contribution in [0.3, 0.4) is 0 Å². The van der Waals surface area contributed by atoms with Crippen molar-refractivity contribution in [3.8, 4) is 5.75 Å². The summed E-state index contributed by atoms with van der Waals surface area (Å²) in [6.45, 7) is 0.623. The Balaban J connectivity index is 1.78. The molecule has 1 spiro atoms. The van der Waals surface area contributed by atoms with E-state index in [9.17, 15) is 27.2 Å². The molecule has 1 aromatic carbocycles. The lowest BCUT2D eigenvalue weighted by Crippen LogP contribution is -2.39. The first-order valence-corrected chi connectivity index (χ1v) is 7.81. The van der Waals surface area contributed by atoms with Crippen LogP contribution in [0, 0.1) is 0 Å². The van der Waals surface area contributed by atoms with Gasteiger partial charge in [-0.2, -0.15) is 17.6 Å². The van der Waals surface area contributed by atoms with Gasteiger partial charge in [-0.05, 0) is 12.1 Å². The molecule has 2 aliphatic rings. The van der Waals surface area contributed by atoms with Gasteiger partial charge in [0.1, 0.15) is 5.75 Å². The Morgan fingerprint density at radius 2 is 2.00 bits per heavy atom. The molecule has 2 amide bonds. The molecule has 2 aliphatic heterocycles. The molecule has 1 aromatic rings. The van der Waals surface area contributed by atoms with Crippen molar-refractivity contribution in [3.05, 3.63) is 29.8 Å². The molecule has 0 N–H and O–H groups in total. The van der Waals surface area contributed by atoms with Crippen molar-refractivity contribution in [1.82, 2.24) is 9.80 Å². The molecule has 10 heteroatoms. The summed E-state index contributed by atoms with van der Waals surface area (Å²) >= 11 is 0. The molecule has 0 aromatic heterocycles. The van der Waals surface area contributed by atoms with E-state index in [0.29, 0.717) is 13.0 Å². The fraction of sp³-hybridized carbons (Fsp3) is 0.500. The van der Waals surface area contributed by atoms with Gasteiger partial charge >= 0.3 is 18.6 Å². The van der Waals surface area contributed by atoms with Gasteiger partial charge in [0.05, 0.1) is 18.7 Å². The predicted octanol–water partition coefficient (Wildman–Crippen LogP) is 2.59. The average molecular weight is 376 g/mol. The number of likely N-dealkylation sites (tertiary alicyclic amines) is 1. The Labute approximate surface area is 146 Å². The van der Waals surface area contributed by atoms with Crippen LogP contribution >= 0.6 is 0 Å². The maximum atomic E-state index is 13.2. The molecule has 26 heavy (non-hydrogen) atoms. The van der Waals surface area contributed by atoms with Gasteiger partial charge in [0, 0.05) is 20.0 Å². The third-order valence-corrected chi connectivity index (χ3v) is 4.36. The first kappa shape index (κ1) is 18.3. The summed E-state index contributed by atoms with van der Waals surface area (Å²) in [5.74, 6) is -1.29. The van der Waals surface area contributed by atoms with Gasteiger partial charge in [-0.1, -0.05) is 12.1 Å². The second-order valence-electron chi connectivity index (χ2n) is 6.34. The zero-order valence-corrected chi connectivity index (χ0v) is 13.8. The van der Waals surface area contributed by atoms with E-state index in [1.165, 1.54) is 28.0 Å². The first-order valence-electron chi connectivity index (χ1n) is 7.81. The normalized spacial score (nSPS) is 23.1. The third kappa shape index (κ3) is 3.27. The molecule has 1 atom stereocenters. The second kappa shape index (κ2) is 6.33. The molecule has 0 saturated carbocycles. The second-order valence-corrected chi connectivity index (χ2v) is 6.34. The van der Waals surface area contributed by atoms with Crippen LogP contribution in [-0.2, 0) is 4.74 Å². The summed E-state index contributed by atoms with van der Waals surface area (Å²) < 4.78 is 60.6. The molecule has 3 rings (SSSR count). The van der Waals surface area contributed by atoms with E-state index < -0.39 is 35.9 Å². The number of carbonyl (C=O) groups is 2. The van der Waals surface area contributed by atoms with Crippen LogP contribution in [0.5, 0.6) is 5.75 Å². The van der Waals surface area contributed by atoms with Crippen LogP contribution in [-0.4, -0.2) is 66.6 Å². The minimum atomic E-state index is -4.72. The fourth-order valence-electron chi connectivity index (χ4n) is 3.12. The minimum absolute atomic E-state index is 0.0848. The van der Waals surface area contributed by atoms with Gasteiger partial charge in [-0.15, -0.1) is 0 Å². The van der Waals surface area contributed by atoms with Gasteiger partial charge in [0.15, 0.2) is 5.60 Å². The SMILES string of the molecule is CN1C[C@@]2(CCN(C(=O)c3ccccc3OC(F)(F)C(F)F)C2)OC1=O. The smallest absolute Gasteiger partial charge is 0.439 e. The highest BCUT2D eigenvalue weighted by molar-refractivity contribution is 5.97. The lowest BCUT2D eigenvalue weighted by atomic mass is 10.0. The summed E-state index contributed by atoms with van der Waals surface area (Å²) in [7, 11) is 1.57. The highest BCUT2D eigenvalue weighted by atomic mass is 19.3. The molecule has 6 nitrogen and oxygen atoms in total. The van der Waals surface area contributed by atoms with E-state index in [2.05, 4.69) is 4.74 Å². The van der Waals surface area contributed by atoms with Crippen LogP contribution < -0.4 is 4.74 Å². The van der Waals surface area contributed by atoms with Crippen molar-refractivity contribution in [1.29, 1.82) is 0 Å². The van der Waals surface area contributed by atoms with E-state index >= 15 is 0 Å². The Bertz CT molecular complexity index is 730. The zero-order chi connectivity index (χ0) is 19.1. The molecule has 0 aliphatic carbocycles. The van der Waals surface area contributed by atoms with Gasteiger partial charge in [-0.3, -0.25) is 4.79 Å². The van der Waals surface area contributed by atoms with Crippen LogP contribution in [0.1, 0.15) is 16.8 Å². The average Bonchev–Trinajstić information content (AvgIpc) is 3.09. The summed E-state index contributed by atoms with van der Waals surface area (Å²) in [5.41, 5.74) is -1.10. The summed E-state index contributed by atoms with van der Waals surface area (Å²) in [6.07, 6.45) is -8.86. The van der Waals surface area contributed by atoms with Crippen molar-refractivity contribution in [3.63, 3.8) is 0 Å². The number of alkyl halides is 4. The number of carbonyl (C=O) groups excluding carboxylic acids is 2. The number of likely N-dealkylation sites (N-methyl/N-ethyl adjacent to an activating group) is 1. The van der Waals surface area contributed by atoms with Crippen LogP contribution in [0.4, 0.5) is 22.4 Å². The number of amides is 2. The van der Waals surface area contributed by atoms with Crippen LogP contribution in [0.25, 0.3) is 0 Å². The molecule has 2 heterocycles. The van der Waals surface area contributed by atoms with Crippen molar-refractivity contribution in [2.24, 2.45) is 0 Å². The fourth-order valence-corrected chi connectivity index (χ4v) is 3.12. The molecular weight excluding hydrogens is 360 g/mol. The van der Waals surface area contributed by atoms with Crippen molar-refractivity contribution < 1.29 is 36.6 Å². The van der Waals surface area contributed by atoms with Crippen molar-refractivity contribution in [2.75, 3.05) is 26.7 Å². The predicted molar refractivity (Wildman–Crippen MR) is 80.4 cm³/mol. The summed E-state index contributed by atoms with van der Waals surface area (Å²) in [4.78, 5) is 27.0. The summed E-state index contributed by atoms with van der Waals surface area (Å²) in [6, 6.07) is 4.96. The monoisotopic (exact) mass is 376 g/mol. The van der Waals surface area contributed by atoms with E-state index in [1.807, 2.05) is 0 Å². The Morgan fingerprint density at radius 3 is 2.62 bits per heavy atom. The maximum Gasteiger partial charge on any atom is 0.461 e. The number of halogens is 4. The number of ether oxygens (including phenoxy) is 2. The third-order valence-electron chi connectivity index (χ3n) is 4.36. The van der Waals surface area contributed by atoms with Crippen molar-refractivity contribution in [2.45, 2.75) is 24.6 Å². The Kier molecular flexibility index (Phi) is 4.45. The van der Waals surface area contributed by atoms with E-state index in [4.69, 9.17) is 4.74 Å². The number of hydrogen-bond acceptors (Lipinski definition) is 4. The van der Waals surface area contributed by atoms with Crippen LogP contribution in [0.2, 0.25) is 0 Å². The number of para-hydroxylation sites is 1. The topological polar surface area (TPSA) is 59.1 Å². The van der Waals surface area contributed by atoms with E-state index in [1.54, 1.807) is 7.05 Å². The molecule has 142 valence electrons. The number of benzene rings is 1. The Morgan fingerprint density at radius 1 is 1.31 bits per heavy atom. The first-order chi connectivity index (χ1) is 12.1. The molecule has 2 saturated heterocycles. The lowest BCUT2D eigenvalue weighted by molar-refractivity contribution is -0.253. The van der Waals surface area contributed by atoms with E-state index in [0.717, 1.165) is 6.07 Å². The van der Waals surface area contributed by atoms with Gasteiger partial charge in [0.2, 0.25) is 0 Å². The lowest BCUT2D eigenvalue weighted by Gasteiger charge is -2.23. The largest absolute Gasteiger partial charge is 0.461 e. The zero-order valence-electron chi connectivity index (χ0n) is 13.8. The standard InChI is InChI=1S/C16H16F4N2O4/c1-21-8-15(26-14(21)24)6-7-22(9-15)12(23)10-4-2-3-5-11(10)25-16(19,20)13(17)18/h2-5,13H,6-9H2,1H3/t15-/m1/s1. The Hall–Kier alpha value is -2.52. The minimum Gasteiger partial charge on any atom is -0.439 e. The van der Waals surface area contributed by atoms with Gasteiger partial charge in [0.25, 0.3) is 5.91 Å². The van der Waals surface area contributed by atoms with Crippen molar-refractivity contribution >= 4 is 12.0 Å². The molecule has 0 radical (unpaired) electrons. The maximum absolute atomic E-state index is 13.2. The highest BCUT2D eigenvalue weighted by Gasteiger charge is 2.50. The van der Waals surface area contributed by atoms with E-state index in [-0.39, 0.29) is 18.7 Å². The number of hydrogen-bond donors (Lipinski definition) is 0. The molecule has 2 fully saturated rings. The van der Waals surface area contributed by atoms with Gasteiger partial charge < -0.3 is 19.3 Å². The summed E-state index contributed by atoms with van der Waals surface area (Å²) in [5, 5.41) is 0. The highest BCUT2D eigenvalue weighted by Crippen LogP contribution is 2.35. The molecule has 0 bridgehead atoms. The number of rotatable bonds is 4. The number of nitrogens with zero attached hydrogens (tertiary/aromatic N) is 2. The molecule has 0 unspecified atom stereocenters. The molecular formula is C16H16F4N2O4.